The van der Waals surface area contributed by atoms with Crippen LogP contribution in [0.5, 0.6) is 0 Å². The number of hydrogen-bond donors (Lipinski definition) is 2. The molecule has 1 aromatic carbocycles. The van der Waals surface area contributed by atoms with E-state index < -0.39 is 12.1 Å². The van der Waals surface area contributed by atoms with Crippen molar-refractivity contribution in [1.82, 2.24) is 4.98 Å². The quantitative estimate of drug-likeness (QED) is 0.840. The lowest BCUT2D eigenvalue weighted by Crippen LogP contribution is -2.30. The predicted molar refractivity (Wildman–Crippen MR) is 75.5 cm³/mol. The number of H-pyrrole nitrogens is 1. The highest BCUT2D eigenvalue weighted by atomic mass is 16.5. The van der Waals surface area contributed by atoms with Crippen LogP contribution >= 0.6 is 0 Å². The van der Waals surface area contributed by atoms with Crippen LogP contribution in [-0.4, -0.2) is 23.0 Å². The minimum absolute atomic E-state index is 0.320. The number of hydrogen-bond acceptors (Lipinski definition) is 3. The van der Waals surface area contributed by atoms with Crippen LogP contribution in [0, 0.1) is 6.92 Å². The van der Waals surface area contributed by atoms with Crippen LogP contribution in [0.15, 0.2) is 42.6 Å². The molecule has 0 bridgehead atoms. The Kier molecular flexibility index (Phi) is 4.20. The summed E-state index contributed by atoms with van der Waals surface area (Å²) in [5.74, 6) is -0.919. The molecule has 0 unspecified atom stereocenters. The lowest BCUT2D eigenvalue weighted by atomic mass is 10.2. The van der Waals surface area contributed by atoms with Crippen LogP contribution in [0.1, 0.15) is 23.0 Å². The van der Waals surface area contributed by atoms with E-state index in [2.05, 4.69) is 10.3 Å². The predicted octanol–water partition coefficient (Wildman–Crippen LogP) is 2.51. The number of aromatic amines is 1. The van der Waals surface area contributed by atoms with Gasteiger partial charge in [-0.3, -0.25) is 4.79 Å². The van der Waals surface area contributed by atoms with Crippen molar-refractivity contribution in [3.05, 3.63) is 53.9 Å². The van der Waals surface area contributed by atoms with Crippen LogP contribution in [-0.2, 0) is 9.53 Å². The molecule has 20 heavy (non-hydrogen) atoms. The number of carbonyl (C=O) groups is 2. The highest BCUT2D eigenvalue weighted by Gasteiger charge is 2.19. The molecule has 0 aliphatic carbocycles. The van der Waals surface area contributed by atoms with Crippen molar-refractivity contribution in [1.29, 1.82) is 0 Å². The molecule has 2 aromatic rings. The second-order valence-electron chi connectivity index (χ2n) is 4.49. The first-order valence-corrected chi connectivity index (χ1v) is 6.28. The molecule has 2 rings (SSSR count). The monoisotopic (exact) mass is 272 g/mol. The van der Waals surface area contributed by atoms with Gasteiger partial charge >= 0.3 is 5.97 Å². The molecule has 1 heterocycles. The number of anilines is 1. The van der Waals surface area contributed by atoms with Crippen LogP contribution in [0.25, 0.3) is 0 Å². The van der Waals surface area contributed by atoms with Crippen molar-refractivity contribution in [2.75, 3.05) is 5.32 Å². The first-order chi connectivity index (χ1) is 9.56. The first-order valence-electron chi connectivity index (χ1n) is 6.28. The summed E-state index contributed by atoms with van der Waals surface area (Å²) in [6, 6.07) is 10.7. The SMILES string of the molecule is Cc1cccc(NC(=O)[C@H](C)OC(=O)c2ccc[nH]2)c1. The molecule has 2 N–H and O–H groups in total. The third-order valence-corrected chi connectivity index (χ3v) is 2.76. The van der Waals surface area contributed by atoms with E-state index in [9.17, 15) is 9.59 Å². The van der Waals surface area contributed by atoms with Gasteiger partial charge in [0.1, 0.15) is 5.69 Å². The second kappa shape index (κ2) is 6.06. The van der Waals surface area contributed by atoms with Crippen molar-refractivity contribution >= 4 is 17.6 Å². The summed E-state index contributed by atoms with van der Waals surface area (Å²) < 4.78 is 5.08. The first kappa shape index (κ1) is 13.9. The van der Waals surface area contributed by atoms with Gasteiger partial charge in [-0.2, -0.15) is 0 Å². The smallest absolute Gasteiger partial charge is 0.355 e. The standard InChI is InChI=1S/C15H16N2O3/c1-10-5-3-6-12(9-10)17-14(18)11(2)20-15(19)13-7-4-8-16-13/h3-9,11,16H,1-2H3,(H,17,18)/t11-/m0/s1. The highest BCUT2D eigenvalue weighted by Crippen LogP contribution is 2.11. The van der Waals surface area contributed by atoms with Crippen molar-refractivity contribution in [2.24, 2.45) is 0 Å². The van der Waals surface area contributed by atoms with E-state index in [4.69, 9.17) is 4.74 Å². The Bertz CT molecular complexity index is 605. The molecule has 5 heteroatoms. The zero-order chi connectivity index (χ0) is 14.5. The topological polar surface area (TPSA) is 71.2 Å². The lowest BCUT2D eigenvalue weighted by molar-refractivity contribution is -0.123. The van der Waals surface area contributed by atoms with Crippen molar-refractivity contribution in [3.63, 3.8) is 0 Å². The summed E-state index contributed by atoms with van der Waals surface area (Å²) in [6.07, 6.45) is 0.750. The van der Waals surface area contributed by atoms with E-state index in [-0.39, 0.29) is 5.91 Å². The van der Waals surface area contributed by atoms with Gasteiger partial charge in [0.15, 0.2) is 6.10 Å². The molecule has 0 saturated heterocycles. The minimum Gasteiger partial charge on any atom is -0.448 e. The summed E-state index contributed by atoms with van der Waals surface area (Å²) in [5, 5.41) is 2.71. The Labute approximate surface area is 117 Å². The Morgan fingerprint density at radius 3 is 2.70 bits per heavy atom. The molecule has 1 atom stereocenters. The number of esters is 1. The fourth-order valence-electron chi connectivity index (χ4n) is 1.70. The van der Waals surface area contributed by atoms with Crippen molar-refractivity contribution in [3.8, 4) is 0 Å². The van der Waals surface area contributed by atoms with Gasteiger partial charge in [-0.25, -0.2) is 4.79 Å². The van der Waals surface area contributed by atoms with E-state index >= 15 is 0 Å². The number of aryl methyl sites for hydroxylation is 1. The van der Waals surface area contributed by atoms with Crippen LogP contribution < -0.4 is 5.32 Å². The molecular formula is C15H16N2O3. The molecule has 0 radical (unpaired) electrons. The number of amides is 1. The molecule has 0 fully saturated rings. The minimum atomic E-state index is -0.869. The zero-order valence-electron chi connectivity index (χ0n) is 11.3. The van der Waals surface area contributed by atoms with Gasteiger partial charge < -0.3 is 15.0 Å². The summed E-state index contributed by atoms with van der Waals surface area (Å²) in [5.41, 5.74) is 2.04. The number of carbonyl (C=O) groups excluding carboxylic acids is 2. The molecular weight excluding hydrogens is 256 g/mol. The summed E-state index contributed by atoms with van der Waals surface area (Å²) >= 11 is 0. The van der Waals surface area contributed by atoms with Gasteiger partial charge in [0.2, 0.25) is 0 Å². The zero-order valence-corrected chi connectivity index (χ0v) is 11.3. The maximum absolute atomic E-state index is 11.9. The molecule has 1 aromatic heterocycles. The number of aromatic nitrogens is 1. The molecule has 0 aliphatic heterocycles. The Balaban J connectivity index is 1.94. The van der Waals surface area contributed by atoms with E-state index in [1.165, 1.54) is 6.92 Å². The Morgan fingerprint density at radius 1 is 1.25 bits per heavy atom. The second-order valence-corrected chi connectivity index (χ2v) is 4.49. The molecule has 5 nitrogen and oxygen atoms in total. The van der Waals surface area contributed by atoms with E-state index in [1.807, 2.05) is 25.1 Å². The summed E-state index contributed by atoms with van der Waals surface area (Å²) in [7, 11) is 0. The van der Waals surface area contributed by atoms with Gasteiger partial charge in [0, 0.05) is 11.9 Å². The molecule has 0 spiro atoms. The fraction of sp³-hybridized carbons (Fsp3) is 0.200. The molecule has 104 valence electrons. The number of rotatable bonds is 4. The Hall–Kier alpha value is -2.56. The van der Waals surface area contributed by atoms with Gasteiger partial charge in [0.25, 0.3) is 5.91 Å². The normalized spacial score (nSPS) is 11.7. The van der Waals surface area contributed by atoms with Gasteiger partial charge in [-0.05, 0) is 43.7 Å². The van der Waals surface area contributed by atoms with Gasteiger partial charge in [0.05, 0.1) is 0 Å². The van der Waals surface area contributed by atoms with Crippen molar-refractivity contribution < 1.29 is 14.3 Å². The van der Waals surface area contributed by atoms with E-state index in [1.54, 1.807) is 24.4 Å². The highest BCUT2D eigenvalue weighted by molar-refractivity contribution is 5.96. The van der Waals surface area contributed by atoms with Gasteiger partial charge in [-0.15, -0.1) is 0 Å². The fourth-order valence-corrected chi connectivity index (χ4v) is 1.70. The van der Waals surface area contributed by atoms with Crippen molar-refractivity contribution in [2.45, 2.75) is 20.0 Å². The average molecular weight is 272 g/mol. The van der Waals surface area contributed by atoms with E-state index in [0.29, 0.717) is 11.4 Å². The maximum Gasteiger partial charge on any atom is 0.355 e. The number of nitrogens with one attached hydrogen (secondary N) is 2. The lowest BCUT2D eigenvalue weighted by Gasteiger charge is -2.13. The van der Waals surface area contributed by atoms with Crippen LogP contribution in [0.3, 0.4) is 0 Å². The van der Waals surface area contributed by atoms with E-state index in [0.717, 1.165) is 5.56 Å². The van der Waals surface area contributed by atoms with Crippen LogP contribution in [0.2, 0.25) is 0 Å². The largest absolute Gasteiger partial charge is 0.448 e. The van der Waals surface area contributed by atoms with Crippen LogP contribution in [0.4, 0.5) is 5.69 Å². The average Bonchev–Trinajstić information content (AvgIpc) is 2.92. The number of ether oxygens (including phenoxy) is 1. The maximum atomic E-state index is 11.9. The molecule has 0 aliphatic rings. The Morgan fingerprint density at radius 2 is 2.05 bits per heavy atom. The van der Waals surface area contributed by atoms with Gasteiger partial charge in [-0.1, -0.05) is 12.1 Å². The summed E-state index contributed by atoms with van der Waals surface area (Å²) in [4.78, 5) is 26.4. The number of benzene rings is 1. The molecule has 1 amide bonds. The molecule has 0 saturated carbocycles. The summed E-state index contributed by atoms with van der Waals surface area (Å²) in [6.45, 7) is 3.47. The third kappa shape index (κ3) is 3.47. The third-order valence-electron chi connectivity index (χ3n) is 2.76.